The molecule has 1 amide bonds. The number of carbonyl (C=O) groups excluding carboxylic acids is 1. The predicted octanol–water partition coefficient (Wildman–Crippen LogP) is 3.19. The van der Waals surface area contributed by atoms with Gasteiger partial charge in [0.25, 0.3) is 0 Å². The van der Waals surface area contributed by atoms with Crippen LogP contribution < -0.4 is 15.8 Å². The van der Waals surface area contributed by atoms with Crippen LogP contribution in [0, 0.1) is 17.8 Å². The second-order valence-electron chi connectivity index (χ2n) is 7.88. The molecule has 2 saturated carbocycles. The number of hydrogen-bond acceptors (Lipinski definition) is 4. The van der Waals surface area contributed by atoms with Crippen molar-refractivity contribution in [1.29, 1.82) is 0 Å². The van der Waals surface area contributed by atoms with Gasteiger partial charge in [-0.3, -0.25) is 9.48 Å². The van der Waals surface area contributed by atoms with Gasteiger partial charge in [0.1, 0.15) is 12.4 Å². The van der Waals surface area contributed by atoms with Crippen LogP contribution in [0.25, 0.3) is 11.3 Å². The van der Waals surface area contributed by atoms with Gasteiger partial charge in [0.2, 0.25) is 5.91 Å². The normalized spacial score (nSPS) is 23.6. The van der Waals surface area contributed by atoms with Crippen LogP contribution in [0.2, 0.25) is 0 Å². The summed E-state index contributed by atoms with van der Waals surface area (Å²) in [6, 6.07) is 7.68. The van der Waals surface area contributed by atoms with E-state index in [2.05, 4.69) is 10.4 Å². The number of nitrogens with two attached hydrogens (primary N) is 1. The van der Waals surface area contributed by atoms with E-state index in [0.717, 1.165) is 34.5 Å². The highest BCUT2D eigenvalue weighted by Crippen LogP contribution is 2.49. The zero-order valence-electron chi connectivity index (χ0n) is 15.9. The Morgan fingerprint density at radius 3 is 2.89 bits per heavy atom. The molecule has 0 aliphatic heterocycles. The molecule has 2 bridgehead atoms. The molecule has 3 atom stereocenters. The summed E-state index contributed by atoms with van der Waals surface area (Å²) in [7, 11) is 1.89. The van der Waals surface area contributed by atoms with E-state index in [1.807, 2.05) is 31.3 Å². The maximum Gasteiger partial charge on any atom is 0.224 e. The Kier molecular flexibility index (Phi) is 5.16. The molecule has 1 aromatic heterocycles. The largest absolute Gasteiger partial charge is 0.492 e. The fraction of sp³-hybridized carbons (Fsp3) is 0.524. The summed E-state index contributed by atoms with van der Waals surface area (Å²) in [4.78, 5) is 12.6. The number of amides is 1. The molecule has 0 saturated heterocycles. The number of ether oxygens (including phenoxy) is 1. The molecular weight excluding hydrogens is 340 g/mol. The Morgan fingerprint density at radius 2 is 2.22 bits per heavy atom. The molecule has 0 spiro atoms. The lowest BCUT2D eigenvalue weighted by Crippen LogP contribution is -2.20. The van der Waals surface area contributed by atoms with E-state index in [1.165, 1.54) is 25.7 Å². The Hall–Kier alpha value is -2.34. The van der Waals surface area contributed by atoms with Crippen molar-refractivity contribution in [3.63, 3.8) is 0 Å². The summed E-state index contributed by atoms with van der Waals surface area (Å²) in [5, 5.41) is 7.33. The average Bonchev–Trinajstić information content (AvgIpc) is 3.37. The van der Waals surface area contributed by atoms with Crippen molar-refractivity contribution >= 4 is 11.6 Å². The third-order valence-electron chi connectivity index (χ3n) is 6.07. The second-order valence-corrected chi connectivity index (χ2v) is 7.88. The van der Waals surface area contributed by atoms with Gasteiger partial charge in [-0.05, 0) is 61.3 Å². The molecule has 2 aromatic rings. The molecule has 4 rings (SSSR count). The Balaban J connectivity index is 1.49. The van der Waals surface area contributed by atoms with Gasteiger partial charge in [-0.25, -0.2) is 0 Å². The van der Waals surface area contributed by atoms with Crippen molar-refractivity contribution in [3.05, 3.63) is 30.5 Å². The average molecular weight is 368 g/mol. The standard InChI is InChI=1S/C21H28N4O2/c1-25-19(6-8-23-25)18-13-17(4-5-20(18)27-9-7-22)24-21(26)12-16-11-14-2-3-15(16)10-14/h4-6,8,13-16H,2-3,7,9-12,22H2,1H3,(H,24,26). The topological polar surface area (TPSA) is 82.2 Å². The SMILES string of the molecule is Cn1nccc1-c1cc(NC(=O)CC2CC3CCC2C3)ccc1OCCN. The van der Waals surface area contributed by atoms with Crippen molar-refractivity contribution in [2.45, 2.75) is 32.1 Å². The van der Waals surface area contributed by atoms with Gasteiger partial charge in [-0.2, -0.15) is 5.10 Å². The number of nitrogens with one attached hydrogen (secondary N) is 1. The van der Waals surface area contributed by atoms with Crippen molar-refractivity contribution in [2.75, 3.05) is 18.5 Å². The lowest BCUT2D eigenvalue weighted by Gasteiger charge is -2.21. The molecule has 27 heavy (non-hydrogen) atoms. The maximum absolute atomic E-state index is 12.6. The maximum atomic E-state index is 12.6. The number of rotatable bonds is 7. The third-order valence-corrected chi connectivity index (χ3v) is 6.07. The zero-order valence-corrected chi connectivity index (χ0v) is 15.9. The van der Waals surface area contributed by atoms with Gasteiger partial charge in [-0.1, -0.05) is 6.42 Å². The first-order chi connectivity index (χ1) is 13.1. The number of anilines is 1. The number of benzene rings is 1. The number of aromatic nitrogens is 2. The molecule has 6 nitrogen and oxygen atoms in total. The lowest BCUT2D eigenvalue weighted by molar-refractivity contribution is -0.117. The number of nitrogens with zero attached hydrogens (tertiary/aromatic N) is 2. The minimum absolute atomic E-state index is 0.110. The van der Waals surface area contributed by atoms with Crippen LogP contribution in [-0.4, -0.2) is 28.8 Å². The monoisotopic (exact) mass is 368 g/mol. The van der Waals surface area contributed by atoms with Gasteiger partial charge in [0.15, 0.2) is 0 Å². The Morgan fingerprint density at radius 1 is 1.33 bits per heavy atom. The molecule has 1 heterocycles. The highest BCUT2D eigenvalue weighted by atomic mass is 16.5. The first kappa shape index (κ1) is 18.0. The number of fused-ring (bicyclic) bond motifs is 2. The van der Waals surface area contributed by atoms with E-state index in [1.54, 1.807) is 10.9 Å². The highest BCUT2D eigenvalue weighted by molar-refractivity contribution is 5.92. The quantitative estimate of drug-likeness (QED) is 0.786. The summed E-state index contributed by atoms with van der Waals surface area (Å²) < 4.78 is 7.58. The van der Waals surface area contributed by atoms with Crippen molar-refractivity contribution < 1.29 is 9.53 Å². The van der Waals surface area contributed by atoms with Crippen LogP contribution in [0.1, 0.15) is 32.1 Å². The molecule has 2 aliphatic rings. The molecule has 6 heteroatoms. The molecule has 144 valence electrons. The third kappa shape index (κ3) is 3.86. The molecule has 2 fully saturated rings. The fourth-order valence-electron chi connectivity index (χ4n) is 4.82. The van der Waals surface area contributed by atoms with Crippen LogP contribution in [0.15, 0.2) is 30.5 Å². The van der Waals surface area contributed by atoms with Crippen molar-refractivity contribution in [3.8, 4) is 17.0 Å². The van der Waals surface area contributed by atoms with E-state index in [-0.39, 0.29) is 5.91 Å². The van der Waals surface area contributed by atoms with Gasteiger partial charge in [0, 0.05) is 37.5 Å². The van der Waals surface area contributed by atoms with Crippen LogP contribution >= 0.6 is 0 Å². The minimum atomic E-state index is 0.110. The summed E-state index contributed by atoms with van der Waals surface area (Å²) in [5.41, 5.74) is 8.21. The number of carbonyl (C=O) groups is 1. The Bertz CT molecular complexity index is 816. The van der Waals surface area contributed by atoms with Crippen LogP contribution in [0.4, 0.5) is 5.69 Å². The van der Waals surface area contributed by atoms with Crippen LogP contribution in [-0.2, 0) is 11.8 Å². The van der Waals surface area contributed by atoms with E-state index in [0.29, 0.717) is 25.5 Å². The van der Waals surface area contributed by atoms with Gasteiger partial charge >= 0.3 is 0 Å². The highest BCUT2D eigenvalue weighted by Gasteiger charge is 2.40. The molecule has 3 N–H and O–H groups in total. The Labute approximate surface area is 160 Å². The van der Waals surface area contributed by atoms with Crippen LogP contribution in [0.5, 0.6) is 5.75 Å². The number of hydrogen-bond donors (Lipinski definition) is 2. The summed E-state index contributed by atoms with van der Waals surface area (Å²) in [6.45, 7) is 0.896. The van der Waals surface area contributed by atoms with Crippen LogP contribution in [0.3, 0.4) is 0 Å². The van der Waals surface area contributed by atoms with E-state index in [9.17, 15) is 4.79 Å². The number of aryl methyl sites for hydroxylation is 1. The first-order valence-electron chi connectivity index (χ1n) is 9.89. The molecule has 0 radical (unpaired) electrons. The van der Waals surface area contributed by atoms with Gasteiger partial charge < -0.3 is 15.8 Å². The first-order valence-corrected chi connectivity index (χ1v) is 9.89. The predicted molar refractivity (Wildman–Crippen MR) is 105 cm³/mol. The zero-order chi connectivity index (χ0) is 18.8. The summed E-state index contributed by atoms with van der Waals surface area (Å²) >= 11 is 0. The molecule has 2 aliphatic carbocycles. The van der Waals surface area contributed by atoms with E-state index < -0.39 is 0 Å². The second kappa shape index (κ2) is 7.72. The van der Waals surface area contributed by atoms with E-state index in [4.69, 9.17) is 10.5 Å². The van der Waals surface area contributed by atoms with Gasteiger partial charge in [-0.15, -0.1) is 0 Å². The minimum Gasteiger partial charge on any atom is -0.492 e. The molecular formula is C21H28N4O2. The fourth-order valence-corrected chi connectivity index (χ4v) is 4.82. The van der Waals surface area contributed by atoms with E-state index >= 15 is 0 Å². The molecule has 1 aromatic carbocycles. The van der Waals surface area contributed by atoms with Crippen molar-refractivity contribution in [2.24, 2.45) is 30.5 Å². The van der Waals surface area contributed by atoms with Crippen molar-refractivity contribution in [1.82, 2.24) is 9.78 Å². The lowest BCUT2D eigenvalue weighted by atomic mass is 9.86. The smallest absolute Gasteiger partial charge is 0.224 e. The summed E-state index contributed by atoms with van der Waals surface area (Å²) in [5.74, 6) is 3.04. The summed E-state index contributed by atoms with van der Waals surface area (Å²) in [6.07, 6.45) is 7.61. The molecule has 3 unspecified atom stereocenters. The van der Waals surface area contributed by atoms with Gasteiger partial charge in [0.05, 0.1) is 5.69 Å².